The fourth-order valence-electron chi connectivity index (χ4n) is 2.21. The van der Waals surface area contributed by atoms with Crippen molar-refractivity contribution in [3.8, 4) is 0 Å². The summed E-state index contributed by atoms with van der Waals surface area (Å²) < 4.78 is 5.00. The molecule has 2 atom stereocenters. The number of esters is 1. The van der Waals surface area contributed by atoms with Gasteiger partial charge in [0.2, 0.25) is 0 Å². The second-order valence-corrected chi connectivity index (χ2v) is 3.76. The highest BCUT2D eigenvalue weighted by atomic mass is 16.5. The van der Waals surface area contributed by atoms with Gasteiger partial charge in [0.1, 0.15) is 5.54 Å². The van der Waals surface area contributed by atoms with Gasteiger partial charge in [0.05, 0.1) is 6.61 Å². The lowest BCUT2D eigenvalue weighted by Crippen LogP contribution is -2.51. The summed E-state index contributed by atoms with van der Waals surface area (Å²) in [5, 5.41) is 0. The molecule has 0 aromatic carbocycles. The summed E-state index contributed by atoms with van der Waals surface area (Å²) in [6, 6.07) is 0. The summed E-state index contributed by atoms with van der Waals surface area (Å²) >= 11 is 0. The van der Waals surface area contributed by atoms with Gasteiger partial charge in [-0.2, -0.15) is 0 Å². The molecule has 3 heteroatoms. The molecule has 76 valence electrons. The van der Waals surface area contributed by atoms with Gasteiger partial charge < -0.3 is 10.5 Å². The minimum atomic E-state index is -0.690. The van der Waals surface area contributed by atoms with E-state index in [1.165, 1.54) is 0 Å². The van der Waals surface area contributed by atoms with E-state index >= 15 is 0 Å². The Labute approximate surface area is 79.6 Å². The lowest BCUT2D eigenvalue weighted by molar-refractivity contribution is -0.151. The molecule has 0 aromatic rings. The standard InChI is InChI=1S/C10H19NO2/c1-3-8-6-5-7-10(8,11)9(12)13-4-2/h8H,3-7,11H2,1-2H3. The Balaban J connectivity index is 2.67. The zero-order valence-corrected chi connectivity index (χ0v) is 8.51. The molecule has 0 aromatic heterocycles. The third kappa shape index (κ3) is 1.85. The highest BCUT2D eigenvalue weighted by Crippen LogP contribution is 2.36. The summed E-state index contributed by atoms with van der Waals surface area (Å²) in [4.78, 5) is 11.6. The largest absolute Gasteiger partial charge is 0.465 e. The van der Waals surface area contributed by atoms with Crippen molar-refractivity contribution in [2.24, 2.45) is 11.7 Å². The van der Waals surface area contributed by atoms with E-state index < -0.39 is 5.54 Å². The number of carbonyl (C=O) groups is 1. The van der Waals surface area contributed by atoms with E-state index in [0.29, 0.717) is 12.5 Å². The SMILES string of the molecule is CCOC(=O)C1(N)CCCC1CC. The maximum atomic E-state index is 11.6. The Morgan fingerprint density at radius 3 is 2.85 bits per heavy atom. The molecule has 0 bridgehead atoms. The quantitative estimate of drug-likeness (QED) is 0.677. The van der Waals surface area contributed by atoms with Crippen molar-refractivity contribution in [3.05, 3.63) is 0 Å². The lowest BCUT2D eigenvalue weighted by Gasteiger charge is -2.27. The first-order chi connectivity index (χ1) is 6.15. The Kier molecular flexibility index (Phi) is 3.31. The Morgan fingerprint density at radius 1 is 1.62 bits per heavy atom. The molecule has 1 rings (SSSR count). The van der Waals surface area contributed by atoms with Crippen LogP contribution in [-0.2, 0) is 9.53 Å². The van der Waals surface area contributed by atoms with Gasteiger partial charge in [-0.25, -0.2) is 0 Å². The molecular weight excluding hydrogens is 166 g/mol. The molecule has 1 aliphatic rings. The van der Waals surface area contributed by atoms with Crippen LogP contribution in [0.1, 0.15) is 39.5 Å². The second-order valence-electron chi connectivity index (χ2n) is 3.76. The van der Waals surface area contributed by atoms with Gasteiger partial charge in [0.15, 0.2) is 0 Å². The first-order valence-electron chi connectivity index (χ1n) is 5.11. The number of carbonyl (C=O) groups excluding carboxylic acids is 1. The summed E-state index contributed by atoms with van der Waals surface area (Å²) in [5.41, 5.74) is 5.38. The van der Waals surface area contributed by atoms with Crippen LogP contribution < -0.4 is 5.73 Å². The maximum Gasteiger partial charge on any atom is 0.326 e. The van der Waals surface area contributed by atoms with Crippen molar-refractivity contribution in [3.63, 3.8) is 0 Å². The first-order valence-corrected chi connectivity index (χ1v) is 5.11. The highest BCUT2D eigenvalue weighted by Gasteiger charge is 2.45. The average Bonchev–Trinajstić information content (AvgIpc) is 2.48. The van der Waals surface area contributed by atoms with Crippen LogP contribution in [0.15, 0.2) is 0 Å². The van der Waals surface area contributed by atoms with E-state index in [-0.39, 0.29) is 5.97 Å². The van der Waals surface area contributed by atoms with E-state index in [0.717, 1.165) is 25.7 Å². The molecule has 3 nitrogen and oxygen atoms in total. The van der Waals surface area contributed by atoms with Crippen molar-refractivity contribution in [2.45, 2.75) is 45.1 Å². The van der Waals surface area contributed by atoms with E-state index in [1.54, 1.807) is 0 Å². The van der Waals surface area contributed by atoms with Crippen molar-refractivity contribution in [2.75, 3.05) is 6.61 Å². The molecule has 1 saturated carbocycles. The normalized spacial score (nSPS) is 33.3. The van der Waals surface area contributed by atoms with Gasteiger partial charge in [-0.1, -0.05) is 19.8 Å². The smallest absolute Gasteiger partial charge is 0.326 e. The van der Waals surface area contributed by atoms with Crippen molar-refractivity contribution >= 4 is 5.97 Å². The molecule has 0 spiro atoms. The van der Waals surface area contributed by atoms with Gasteiger partial charge in [-0.05, 0) is 25.7 Å². The highest BCUT2D eigenvalue weighted by molar-refractivity contribution is 5.81. The van der Waals surface area contributed by atoms with Crippen LogP contribution >= 0.6 is 0 Å². The molecule has 0 saturated heterocycles. The molecule has 2 unspecified atom stereocenters. The molecule has 0 heterocycles. The minimum Gasteiger partial charge on any atom is -0.465 e. The van der Waals surface area contributed by atoms with Gasteiger partial charge in [-0.3, -0.25) is 4.79 Å². The van der Waals surface area contributed by atoms with E-state index in [1.807, 2.05) is 6.92 Å². The van der Waals surface area contributed by atoms with Crippen molar-refractivity contribution in [1.82, 2.24) is 0 Å². The number of nitrogens with two attached hydrogens (primary N) is 1. The van der Waals surface area contributed by atoms with Gasteiger partial charge in [0, 0.05) is 0 Å². The average molecular weight is 185 g/mol. The van der Waals surface area contributed by atoms with Crippen LogP contribution in [0.2, 0.25) is 0 Å². The second kappa shape index (κ2) is 4.09. The molecule has 1 fully saturated rings. The van der Waals surface area contributed by atoms with Crippen LogP contribution in [0.3, 0.4) is 0 Å². The summed E-state index contributed by atoms with van der Waals surface area (Å²) in [7, 11) is 0. The van der Waals surface area contributed by atoms with Gasteiger partial charge in [-0.15, -0.1) is 0 Å². The summed E-state index contributed by atoms with van der Waals surface area (Å²) in [6.45, 7) is 4.32. The van der Waals surface area contributed by atoms with Crippen molar-refractivity contribution < 1.29 is 9.53 Å². The Morgan fingerprint density at radius 2 is 2.31 bits per heavy atom. The molecule has 13 heavy (non-hydrogen) atoms. The van der Waals surface area contributed by atoms with E-state index in [9.17, 15) is 4.79 Å². The van der Waals surface area contributed by atoms with Crippen LogP contribution in [0.4, 0.5) is 0 Å². The molecule has 1 aliphatic carbocycles. The molecule has 2 N–H and O–H groups in total. The monoisotopic (exact) mass is 185 g/mol. The van der Waals surface area contributed by atoms with Crippen LogP contribution in [0, 0.1) is 5.92 Å². The van der Waals surface area contributed by atoms with E-state index in [4.69, 9.17) is 10.5 Å². The maximum absolute atomic E-state index is 11.6. The fraction of sp³-hybridized carbons (Fsp3) is 0.900. The molecule has 0 aliphatic heterocycles. The zero-order chi connectivity index (χ0) is 9.90. The minimum absolute atomic E-state index is 0.209. The lowest BCUT2D eigenvalue weighted by atomic mass is 9.86. The van der Waals surface area contributed by atoms with E-state index in [2.05, 4.69) is 6.92 Å². The fourth-order valence-corrected chi connectivity index (χ4v) is 2.21. The molecule has 0 radical (unpaired) electrons. The Hall–Kier alpha value is -0.570. The topological polar surface area (TPSA) is 52.3 Å². The number of rotatable bonds is 3. The molecule has 0 amide bonds. The zero-order valence-electron chi connectivity index (χ0n) is 8.51. The molecular formula is C10H19NO2. The number of hydrogen-bond donors (Lipinski definition) is 1. The van der Waals surface area contributed by atoms with Gasteiger partial charge in [0.25, 0.3) is 0 Å². The third-order valence-electron chi connectivity index (χ3n) is 3.02. The predicted octanol–water partition coefficient (Wildman–Crippen LogP) is 1.46. The van der Waals surface area contributed by atoms with Gasteiger partial charge >= 0.3 is 5.97 Å². The summed E-state index contributed by atoms with van der Waals surface area (Å²) in [6.07, 6.45) is 3.86. The van der Waals surface area contributed by atoms with Crippen LogP contribution in [0.5, 0.6) is 0 Å². The third-order valence-corrected chi connectivity index (χ3v) is 3.02. The Bertz CT molecular complexity index is 193. The van der Waals surface area contributed by atoms with Crippen LogP contribution in [-0.4, -0.2) is 18.1 Å². The number of ether oxygens (including phenoxy) is 1. The first kappa shape index (κ1) is 10.5. The summed E-state index contributed by atoms with van der Waals surface area (Å²) in [5.74, 6) is 0.103. The predicted molar refractivity (Wildman–Crippen MR) is 51.2 cm³/mol. The number of hydrogen-bond acceptors (Lipinski definition) is 3. The van der Waals surface area contributed by atoms with Crippen molar-refractivity contribution in [1.29, 1.82) is 0 Å². The van der Waals surface area contributed by atoms with Crippen LogP contribution in [0.25, 0.3) is 0 Å².